The van der Waals surface area contributed by atoms with E-state index in [9.17, 15) is 0 Å². The van der Waals surface area contributed by atoms with Crippen LogP contribution in [0.1, 0.15) is 20.8 Å². The predicted molar refractivity (Wildman–Crippen MR) is 90.2 cm³/mol. The molecular weight excluding hydrogens is 288 g/mol. The Morgan fingerprint density at radius 2 is 2.15 bits per heavy atom. The number of imidazole rings is 1. The van der Waals surface area contributed by atoms with Crippen LogP contribution in [0.15, 0.2) is 23.4 Å². The number of hydrogen-bond donors (Lipinski definition) is 2. The Morgan fingerprint density at radius 3 is 2.75 bits per heavy atom. The van der Waals surface area contributed by atoms with E-state index in [-0.39, 0.29) is 5.41 Å². The molecule has 1 N–H and O–H groups in total. The maximum atomic E-state index is 5.23. The summed E-state index contributed by atoms with van der Waals surface area (Å²) in [5, 5.41) is 0.962. The third-order valence-electron chi connectivity index (χ3n) is 3.53. The van der Waals surface area contributed by atoms with E-state index in [4.69, 9.17) is 4.74 Å². The number of nitrogens with zero attached hydrogens (tertiary/aromatic N) is 1. The highest BCUT2D eigenvalue weighted by Crippen LogP contribution is 2.32. The second-order valence-corrected chi connectivity index (χ2v) is 7.36. The van der Waals surface area contributed by atoms with Gasteiger partial charge in [0.15, 0.2) is 5.16 Å². The fourth-order valence-electron chi connectivity index (χ4n) is 1.92. The van der Waals surface area contributed by atoms with Gasteiger partial charge >= 0.3 is 0 Å². The van der Waals surface area contributed by atoms with Crippen LogP contribution in [0.25, 0.3) is 11.0 Å². The van der Waals surface area contributed by atoms with Crippen molar-refractivity contribution in [1.29, 1.82) is 0 Å². The van der Waals surface area contributed by atoms with Gasteiger partial charge in [-0.2, -0.15) is 12.6 Å². The summed E-state index contributed by atoms with van der Waals surface area (Å²) in [4.78, 5) is 7.95. The standard InChI is InChI=1S/C15H22N2OS2/c1-15(2,3)10(8-19)9-20-14-16-12-6-5-11(18-4)7-13(12)17-14/h5-7,10,19H,8-9H2,1-4H3,(H,16,17). The minimum Gasteiger partial charge on any atom is -0.497 e. The Hall–Kier alpha value is -0.810. The van der Waals surface area contributed by atoms with Gasteiger partial charge in [-0.15, -0.1) is 0 Å². The Labute approximate surface area is 130 Å². The molecular formula is C15H22N2OS2. The van der Waals surface area contributed by atoms with Crippen molar-refractivity contribution in [1.82, 2.24) is 9.97 Å². The van der Waals surface area contributed by atoms with Gasteiger partial charge in [-0.25, -0.2) is 4.98 Å². The SMILES string of the molecule is COc1ccc2nc(SCC(CS)C(C)(C)C)[nH]c2c1. The average molecular weight is 310 g/mol. The third-order valence-corrected chi connectivity index (χ3v) is 5.01. The van der Waals surface area contributed by atoms with Crippen LogP contribution >= 0.6 is 24.4 Å². The second-order valence-electron chi connectivity index (χ2n) is 5.98. The van der Waals surface area contributed by atoms with Gasteiger partial charge in [0.25, 0.3) is 0 Å². The zero-order valence-corrected chi connectivity index (χ0v) is 14.1. The number of H-pyrrole nitrogens is 1. The van der Waals surface area contributed by atoms with Gasteiger partial charge in [0.05, 0.1) is 18.1 Å². The highest BCUT2D eigenvalue weighted by molar-refractivity contribution is 7.99. The lowest BCUT2D eigenvalue weighted by Gasteiger charge is -2.28. The lowest BCUT2D eigenvalue weighted by molar-refractivity contribution is 0.294. The quantitative estimate of drug-likeness (QED) is 0.640. The zero-order chi connectivity index (χ0) is 14.8. The van der Waals surface area contributed by atoms with Gasteiger partial charge in [-0.05, 0) is 29.2 Å². The number of fused-ring (bicyclic) bond motifs is 1. The van der Waals surface area contributed by atoms with Gasteiger partial charge in [0, 0.05) is 11.8 Å². The largest absolute Gasteiger partial charge is 0.497 e. The number of ether oxygens (including phenoxy) is 1. The number of aromatic amines is 1. The van der Waals surface area contributed by atoms with Gasteiger partial charge in [-0.3, -0.25) is 0 Å². The molecule has 1 atom stereocenters. The summed E-state index contributed by atoms with van der Waals surface area (Å²) >= 11 is 6.23. The first kappa shape index (κ1) is 15.6. The molecule has 1 aromatic heterocycles. The number of aromatic nitrogens is 2. The molecule has 0 radical (unpaired) electrons. The van der Waals surface area contributed by atoms with Crippen molar-refractivity contribution in [2.45, 2.75) is 25.9 Å². The molecule has 0 aliphatic heterocycles. The number of hydrogen-bond acceptors (Lipinski definition) is 4. The van der Waals surface area contributed by atoms with E-state index in [1.807, 2.05) is 18.2 Å². The molecule has 0 fully saturated rings. The highest BCUT2D eigenvalue weighted by atomic mass is 32.2. The van der Waals surface area contributed by atoms with Crippen LogP contribution in [0.5, 0.6) is 5.75 Å². The predicted octanol–water partition coefficient (Wildman–Crippen LogP) is 4.26. The third kappa shape index (κ3) is 3.64. The summed E-state index contributed by atoms with van der Waals surface area (Å²) in [5.74, 6) is 3.31. The smallest absolute Gasteiger partial charge is 0.166 e. The van der Waals surface area contributed by atoms with Crippen molar-refractivity contribution in [3.63, 3.8) is 0 Å². The van der Waals surface area contributed by atoms with Crippen LogP contribution in [-0.4, -0.2) is 28.6 Å². The summed E-state index contributed by atoms with van der Waals surface area (Å²) < 4.78 is 5.23. The van der Waals surface area contributed by atoms with Crippen molar-refractivity contribution >= 4 is 35.4 Å². The minimum atomic E-state index is 0.268. The van der Waals surface area contributed by atoms with Crippen LogP contribution in [-0.2, 0) is 0 Å². The van der Waals surface area contributed by atoms with Gasteiger partial charge < -0.3 is 9.72 Å². The van der Waals surface area contributed by atoms with Gasteiger partial charge in [0.2, 0.25) is 0 Å². The summed E-state index contributed by atoms with van der Waals surface area (Å²) in [7, 11) is 1.67. The van der Waals surface area contributed by atoms with E-state index < -0.39 is 0 Å². The molecule has 0 bridgehead atoms. The van der Waals surface area contributed by atoms with Crippen molar-refractivity contribution < 1.29 is 4.74 Å². The van der Waals surface area contributed by atoms with Crippen LogP contribution < -0.4 is 4.74 Å². The molecule has 0 amide bonds. The number of rotatable bonds is 5. The molecule has 3 nitrogen and oxygen atoms in total. The molecule has 1 aromatic carbocycles. The first-order chi connectivity index (χ1) is 9.44. The summed E-state index contributed by atoms with van der Waals surface area (Å²) in [6, 6.07) is 5.89. The zero-order valence-electron chi connectivity index (χ0n) is 12.4. The summed E-state index contributed by atoms with van der Waals surface area (Å²) in [6.45, 7) is 6.79. The summed E-state index contributed by atoms with van der Waals surface area (Å²) in [6.07, 6.45) is 0. The number of thiol groups is 1. The molecule has 2 rings (SSSR count). The van der Waals surface area contributed by atoms with Crippen molar-refractivity contribution in [2.75, 3.05) is 18.6 Å². The molecule has 2 aromatic rings. The molecule has 20 heavy (non-hydrogen) atoms. The molecule has 110 valence electrons. The Bertz CT molecular complexity index is 575. The van der Waals surface area contributed by atoms with E-state index in [0.717, 1.165) is 33.4 Å². The molecule has 0 aliphatic rings. The molecule has 0 saturated carbocycles. The van der Waals surface area contributed by atoms with E-state index in [2.05, 4.69) is 43.4 Å². The highest BCUT2D eigenvalue weighted by Gasteiger charge is 2.23. The first-order valence-electron chi connectivity index (χ1n) is 6.71. The van der Waals surface area contributed by atoms with Crippen molar-refractivity contribution in [2.24, 2.45) is 11.3 Å². The molecule has 1 unspecified atom stereocenters. The first-order valence-corrected chi connectivity index (χ1v) is 8.33. The molecule has 0 saturated heterocycles. The Kier molecular flexibility index (Phi) is 4.91. The molecule has 1 heterocycles. The Morgan fingerprint density at radius 1 is 1.40 bits per heavy atom. The molecule has 0 aliphatic carbocycles. The second kappa shape index (κ2) is 6.31. The van der Waals surface area contributed by atoms with Gasteiger partial charge in [-0.1, -0.05) is 32.5 Å². The van der Waals surface area contributed by atoms with Gasteiger partial charge in [0.1, 0.15) is 5.75 Å². The Balaban J connectivity index is 2.10. The number of methoxy groups -OCH3 is 1. The van der Waals surface area contributed by atoms with E-state index in [1.165, 1.54) is 0 Å². The van der Waals surface area contributed by atoms with Crippen LogP contribution in [0.2, 0.25) is 0 Å². The normalized spacial score (nSPS) is 13.7. The van der Waals surface area contributed by atoms with Crippen LogP contribution in [0.3, 0.4) is 0 Å². The van der Waals surface area contributed by atoms with Crippen molar-refractivity contribution in [3.05, 3.63) is 18.2 Å². The lowest BCUT2D eigenvalue weighted by atomic mass is 9.83. The van der Waals surface area contributed by atoms with Crippen LogP contribution in [0.4, 0.5) is 0 Å². The van der Waals surface area contributed by atoms with Crippen LogP contribution in [0, 0.1) is 11.3 Å². The fourth-order valence-corrected chi connectivity index (χ4v) is 4.09. The maximum Gasteiger partial charge on any atom is 0.166 e. The van der Waals surface area contributed by atoms with Crippen molar-refractivity contribution in [3.8, 4) is 5.75 Å². The molecule has 5 heteroatoms. The van der Waals surface area contributed by atoms with E-state index in [1.54, 1.807) is 18.9 Å². The average Bonchev–Trinajstić information content (AvgIpc) is 2.79. The maximum absolute atomic E-state index is 5.23. The van der Waals surface area contributed by atoms with E-state index >= 15 is 0 Å². The fraction of sp³-hybridized carbons (Fsp3) is 0.533. The molecule has 0 spiro atoms. The summed E-state index contributed by atoms with van der Waals surface area (Å²) in [5.41, 5.74) is 2.26. The number of nitrogens with one attached hydrogen (secondary N) is 1. The monoisotopic (exact) mass is 310 g/mol. The topological polar surface area (TPSA) is 37.9 Å². The number of thioether (sulfide) groups is 1. The van der Waals surface area contributed by atoms with E-state index in [0.29, 0.717) is 5.92 Å². The minimum absolute atomic E-state index is 0.268. The lowest BCUT2D eigenvalue weighted by Crippen LogP contribution is -2.24. The number of benzene rings is 1.